The molecule has 8 heteroatoms. The Kier molecular flexibility index (Phi) is 3.49. The van der Waals surface area contributed by atoms with Gasteiger partial charge in [-0.1, -0.05) is 0 Å². The van der Waals surface area contributed by atoms with Crippen molar-refractivity contribution in [1.82, 2.24) is 0 Å². The molecule has 0 spiro atoms. The van der Waals surface area contributed by atoms with Crippen LogP contribution in [0.25, 0.3) is 0 Å². The van der Waals surface area contributed by atoms with E-state index in [0.717, 1.165) is 0 Å². The summed E-state index contributed by atoms with van der Waals surface area (Å²) in [4.78, 5) is 26.6. The zero-order valence-corrected chi connectivity index (χ0v) is 16.4. The van der Waals surface area contributed by atoms with Crippen LogP contribution >= 0.6 is 0 Å². The number of hydrogen-bond donors (Lipinski definition) is 2. The van der Waals surface area contributed by atoms with E-state index in [1.54, 1.807) is 0 Å². The molecule has 0 aromatic carbocycles. The molecule has 2 saturated heterocycles. The van der Waals surface area contributed by atoms with Crippen LogP contribution in [0.15, 0.2) is 23.0 Å². The van der Waals surface area contributed by atoms with Crippen molar-refractivity contribution < 1.29 is 38.7 Å². The average molecular weight is 404 g/mol. The van der Waals surface area contributed by atoms with E-state index in [-0.39, 0.29) is 24.3 Å². The van der Waals surface area contributed by atoms with E-state index in [2.05, 4.69) is 0 Å². The molecule has 0 radical (unpaired) electrons. The highest BCUT2D eigenvalue weighted by atomic mass is 16.6. The summed E-state index contributed by atoms with van der Waals surface area (Å²) in [6.07, 6.45) is -3.35. The van der Waals surface area contributed by atoms with E-state index in [0.29, 0.717) is 16.7 Å². The van der Waals surface area contributed by atoms with Crippen LogP contribution in [0.1, 0.15) is 20.8 Å². The van der Waals surface area contributed by atoms with Gasteiger partial charge in [-0.3, -0.25) is 9.59 Å². The molecule has 6 aliphatic rings. The Balaban J connectivity index is 1.51. The van der Waals surface area contributed by atoms with Crippen LogP contribution in [0.2, 0.25) is 0 Å². The third-order valence-corrected chi connectivity index (χ3v) is 7.90. The van der Waals surface area contributed by atoms with Gasteiger partial charge in [0.25, 0.3) is 0 Å². The molecule has 2 aliphatic carbocycles. The molecule has 0 aromatic heterocycles. The number of epoxide rings is 2. The van der Waals surface area contributed by atoms with Gasteiger partial charge >= 0.3 is 0 Å². The second kappa shape index (κ2) is 5.56. The van der Waals surface area contributed by atoms with Crippen molar-refractivity contribution in [2.24, 2.45) is 17.3 Å². The SMILES string of the molecule is CC1OCC2=C(C(=O)C3OC3[C@H]2O)C1[C@H]1[C@H](C)OC=C2[C@H](O)C3OC3C(=O)[C@@]21C. The Morgan fingerprint density at radius 3 is 2.48 bits per heavy atom. The third kappa shape index (κ3) is 2.11. The molecule has 2 N–H and O–H groups in total. The summed E-state index contributed by atoms with van der Waals surface area (Å²) in [5, 5.41) is 21.4. The first-order valence-electron chi connectivity index (χ1n) is 10.2. The summed E-state index contributed by atoms with van der Waals surface area (Å²) in [5.74, 6) is -1.15. The first-order valence-corrected chi connectivity index (χ1v) is 10.2. The van der Waals surface area contributed by atoms with Crippen molar-refractivity contribution >= 4 is 11.6 Å². The van der Waals surface area contributed by atoms with Crippen LogP contribution in [0.4, 0.5) is 0 Å². The minimum Gasteiger partial charge on any atom is -0.498 e. The number of fused-ring (bicyclic) bond motifs is 3. The monoisotopic (exact) mass is 404 g/mol. The number of Topliss-reactive ketones (excluding diaryl/α,β-unsaturated/α-hetero) is 2. The highest BCUT2D eigenvalue weighted by Crippen LogP contribution is 2.58. The van der Waals surface area contributed by atoms with Crippen LogP contribution in [-0.4, -0.2) is 77.2 Å². The summed E-state index contributed by atoms with van der Waals surface area (Å²) in [6, 6.07) is 0. The normalized spacial score (nSPS) is 55.1. The Morgan fingerprint density at radius 2 is 1.72 bits per heavy atom. The Morgan fingerprint density at radius 1 is 1.03 bits per heavy atom. The number of ketones is 2. The van der Waals surface area contributed by atoms with Gasteiger partial charge in [-0.05, 0) is 26.3 Å². The van der Waals surface area contributed by atoms with E-state index >= 15 is 0 Å². The number of aliphatic hydroxyl groups excluding tert-OH is 2. The molecule has 4 aliphatic heterocycles. The van der Waals surface area contributed by atoms with Crippen LogP contribution in [0.3, 0.4) is 0 Å². The van der Waals surface area contributed by atoms with Crippen LogP contribution in [0.5, 0.6) is 0 Å². The Hall–Kier alpha value is -1.58. The fourth-order valence-corrected chi connectivity index (χ4v) is 6.25. The molecule has 1 saturated carbocycles. The van der Waals surface area contributed by atoms with Crippen molar-refractivity contribution in [3.05, 3.63) is 23.0 Å². The first-order chi connectivity index (χ1) is 13.8. The lowest BCUT2D eigenvalue weighted by Crippen LogP contribution is -2.59. The average Bonchev–Trinajstić information content (AvgIpc) is 3.58. The number of ether oxygens (including phenoxy) is 4. The molecule has 11 atom stereocenters. The highest BCUT2D eigenvalue weighted by Gasteiger charge is 2.69. The van der Waals surface area contributed by atoms with E-state index < -0.39 is 60.0 Å². The lowest BCUT2D eigenvalue weighted by atomic mass is 9.54. The summed E-state index contributed by atoms with van der Waals surface area (Å²) < 4.78 is 22.7. The zero-order chi connectivity index (χ0) is 20.4. The molecule has 3 fully saturated rings. The Bertz CT molecular complexity index is 891. The lowest BCUT2D eigenvalue weighted by molar-refractivity contribution is -0.144. The van der Waals surface area contributed by atoms with Crippen LogP contribution in [-0.2, 0) is 28.5 Å². The molecule has 0 aromatic rings. The fraction of sp³-hybridized carbons (Fsp3) is 0.714. The number of rotatable bonds is 1. The first kappa shape index (κ1) is 18.2. The predicted molar refractivity (Wildman–Crippen MR) is 95.5 cm³/mol. The van der Waals surface area contributed by atoms with E-state index in [1.807, 2.05) is 20.8 Å². The summed E-state index contributed by atoms with van der Waals surface area (Å²) in [7, 11) is 0. The topological polar surface area (TPSA) is 118 Å². The second-order valence-corrected chi connectivity index (χ2v) is 9.28. The molecule has 29 heavy (non-hydrogen) atoms. The summed E-state index contributed by atoms with van der Waals surface area (Å²) >= 11 is 0. The van der Waals surface area contributed by atoms with Crippen molar-refractivity contribution in [2.45, 2.75) is 69.6 Å². The van der Waals surface area contributed by atoms with Gasteiger partial charge in [0.2, 0.25) is 0 Å². The highest BCUT2D eigenvalue weighted by molar-refractivity contribution is 6.04. The van der Waals surface area contributed by atoms with Gasteiger partial charge in [-0.2, -0.15) is 0 Å². The number of carbonyl (C=O) groups excluding carboxylic acids is 2. The quantitative estimate of drug-likeness (QED) is 0.570. The number of hydrogen-bond acceptors (Lipinski definition) is 8. The van der Waals surface area contributed by atoms with Gasteiger partial charge in [0, 0.05) is 23.0 Å². The van der Waals surface area contributed by atoms with Crippen LogP contribution in [0, 0.1) is 17.3 Å². The number of aliphatic hydroxyl groups is 2. The lowest BCUT2D eigenvalue weighted by Gasteiger charge is -2.52. The van der Waals surface area contributed by atoms with Gasteiger partial charge in [-0.25, -0.2) is 0 Å². The van der Waals surface area contributed by atoms with E-state index in [1.165, 1.54) is 6.26 Å². The molecule has 4 heterocycles. The maximum atomic E-state index is 13.4. The molecule has 6 rings (SSSR count). The number of carbonyl (C=O) groups is 2. The maximum absolute atomic E-state index is 13.4. The van der Waals surface area contributed by atoms with Crippen molar-refractivity contribution in [2.75, 3.05) is 6.61 Å². The minimum absolute atomic E-state index is 0.0940. The third-order valence-electron chi connectivity index (χ3n) is 7.90. The van der Waals surface area contributed by atoms with E-state index in [9.17, 15) is 19.8 Å². The van der Waals surface area contributed by atoms with E-state index in [4.69, 9.17) is 18.9 Å². The van der Waals surface area contributed by atoms with Crippen LogP contribution < -0.4 is 0 Å². The van der Waals surface area contributed by atoms with Gasteiger partial charge in [0.1, 0.15) is 36.6 Å². The molecule has 0 amide bonds. The standard InChI is InChI=1S/C21H24O8/c1-6-10(11-8(4-26-6)13(22)16-18(28-16)15(11)24)12-7(2)27-5-9-14(23)17-19(29-17)20(25)21(9,12)3/h5-7,10,12-14,16-19,22-23H,4H2,1-3H3/t6?,7-,10?,12+,13-,14-,16?,17?,18?,19?,21-/m0/s1. The van der Waals surface area contributed by atoms with Gasteiger partial charge in [0.15, 0.2) is 11.6 Å². The fourth-order valence-electron chi connectivity index (χ4n) is 6.25. The molecule has 0 bridgehead atoms. The molecular weight excluding hydrogens is 380 g/mol. The molecular formula is C21H24O8. The zero-order valence-electron chi connectivity index (χ0n) is 16.4. The molecule has 156 valence electrons. The molecule has 6 unspecified atom stereocenters. The summed E-state index contributed by atoms with van der Waals surface area (Å²) in [6.45, 7) is 5.72. The van der Waals surface area contributed by atoms with Gasteiger partial charge < -0.3 is 29.2 Å². The smallest absolute Gasteiger partial charge is 0.190 e. The van der Waals surface area contributed by atoms with Crippen molar-refractivity contribution in [1.29, 1.82) is 0 Å². The van der Waals surface area contributed by atoms with Gasteiger partial charge in [0.05, 0.1) is 30.5 Å². The molecule has 8 nitrogen and oxygen atoms in total. The van der Waals surface area contributed by atoms with Crippen molar-refractivity contribution in [3.63, 3.8) is 0 Å². The van der Waals surface area contributed by atoms with Crippen molar-refractivity contribution in [3.8, 4) is 0 Å². The maximum Gasteiger partial charge on any atom is 0.190 e. The summed E-state index contributed by atoms with van der Waals surface area (Å²) in [5.41, 5.74) is 0.500. The predicted octanol–water partition coefficient (Wildman–Crippen LogP) is -0.335. The Labute approximate surface area is 167 Å². The minimum atomic E-state index is -1.06. The van der Waals surface area contributed by atoms with Gasteiger partial charge in [-0.15, -0.1) is 0 Å². The second-order valence-electron chi connectivity index (χ2n) is 9.28. The largest absolute Gasteiger partial charge is 0.498 e.